The largest absolute Gasteiger partial charge is 0.493 e. The molecule has 2 aliphatic rings. The number of carboxylic acid groups (broad SMARTS) is 1. The van der Waals surface area contributed by atoms with Gasteiger partial charge in [-0.05, 0) is 26.0 Å². The molecule has 126 valence electrons. The summed E-state index contributed by atoms with van der Waals surface area (Å²) in [6.07, 6.45) is 3.06. The molecule has 1 aromatic carbocycles. The van der Waals surface area contributed by atoms with Gasteiger partial charge in [-0.1, -0.05) is 24.4 Å². The summed E-state index contributed by atoms with van der Waals surface area (Å²) in [4.78, 5) is 14.2. The molecule has 1 aromatic rings. The number of ether oxygens (including phenoxy) is 2. The van der Waals surface area contributed by atoms with E-state index in [4.69, 9.17) is 21.1 Å². The quantitative estimate of drug-likeness (QED) is 0.893. The smallest absolute Gasteiger partial charge is 0.314 e. The van der Waals surface area contributed by atoms with E-state index < -0.39 is 11.4 Å². The highest BCUT2D eigenvalue weighted by Gasteiger charge is 2.46. The zero-order valence-corrected chi connectivity index (χ0v) is 14.2. The molecule has 2 fully saturated rings. The third kappa shape index (κ3) is 2.88. The second-order valence-corrected chi connectivity index (χ2v) is 6.98. The van der Waals surface area contributed by atoms with Gasteiger partial charge in [-0.3, -0.25) is 9.69 Å². The Morgan fingerprint density at radius 3 is 2.52 bits per heavy atom. The van der Waals surface area contributed by atoms with Gasteiger partial charge in [0, 0.05) is 29.7 Å². The van der Waals surface area contributed by atoms with Gasteiger partial charge in [0.25, 0.3) is 0 Å². The maximum atomic E-state index is 12.1. The highest BCUT2D eigenvalue weighted by Crippen LogP contribution is 2.49. The number of likely N-dealkylation sites (N-methyl/N-ethyl adjacent to an activating group) is 1. The van der Waals surface area contributed by atoms with Crippen molar-refractivity contribution in [3.63, 3.8) is 0 Å². The molecule has 0 radical (unpaired) electrons. The van der Waals surface area contributed by atoms with Crippen LogP contribution in [0.5, 0.6) is 11.5 Å². The van der Waals surface area contributed by atoms with Gasteiger partial charge in [0.1, 0.15) is 6.10 Å². The zero-order valence-electron chi connectivity index (χ0n) is 13.5. The van der Waals surface area contributed by atoms with Crippen LogP contribution >= 0.6 is 11.6 Å². The van der Waals surface area contributed by atoms with Crippen LogP contribution in [-0.4, -0.2) is 49.3 Å². The minimum atomic E-state index is -0.927. The molecule has 0 atom stereocenters. The topological polar surface area (TPSA) is 59.0 Å². The standard InChI is InChI=1S/C17H22ClNO4/c1-19-9-12(10-19)23-15-13(7-11(18)8-14(15)22-2)17(16(20)21)5-3-4-6-17/h7-8,12H,3-6,9-10H2,1-2H3,(H,20,21). The Balaban J connectivity index is 2.06. The summed E-state index contributed by atoms with van der Waals surface area (Å²) < 4.78 is 11.6. The lowest BCUT2D eigenvalue weighted by atomic mass is 9.78. The Hall–Kier alpha value is -1.46. The molecular formula is C17H22ClNO4. The lowest BCUT2D eigenvalue weighted by Gasteiger charge is -2.38. The number of methoxy groups -OCH3 is 1. The van der Waals surface area contributed by atoms with Crippen molar-refractivity contribution in [3.05, 3.63) is 22.7 Å². The van der Waals surface area contributed by atoms with Gasteiger partial charge in [0.2, 0.25) is 0 Å². The van der Waals surface area contributed by atoms with E-state index in [9.17, 15) is 9.90 Å². The fourth-order valence-electron chi connectivity index (χ4n) is 3.66. The van der Waals surface area contributed by atoms with Gasteiger partial charge in [0.05, 0.1) is 12.5 Å². The van der Waals surface area contributed by atoms with Crippen LogP contribution in [0.3, 0.4) is 0 Å². The third-order valence-electron chi connectivity index (χ3n) is 4.94. The van der Waals surface area contributed by atoms with Gasteiger partial charge in [-0.2, -0.15) is 0 Å². The number of aliphatic carboxylic acids is 1. The van der Waals surface area contributed by atoms with Crippen molar-refractivity contribution in [3.8, 4) is 11.5 Å². The van der Waals surface area contributed by atoms with Crippen LogP contribution in [-0.2, 0) is 10.2 Å². The molecule has 6 heteroatoms. The summed E-state index contributed by atoms with van der Waals surface area (Å²) >= 11 is 6.22. The van der Waals surface area contributed by atoms with Crippen molar-refractivity contribution in [2.24, 2.45) is 0 Å². The average Bonchev–Trinajstić information content (AvgIpc) is 2.97. The number of hydrogen-bond acceptors (Lipinski definition) is 4. The normalized spacial score (nSPS) is 21.0. The predicted octanol–water partition coefficient (Wildman–Crippen LogP) is 2.94. The van der Waals surface area contributed by atoms with E-state index in [1.807, 2.05) is 7.05 Å². The molecule has 1 N–H and O–H groups in total. The highest BCUT2D eigenvalue weighted by atomic mass is 35.5. The summed E-state index contributed by atoms with van der Waals surface area (Å²) in [6, 6.07) is 3.43. The number of carboxylic acids is 1. The molecule has 3 rings (SSSR count). The predicted molar refractivity (Wildman–Crippen MR) is 87.7 cm³/mol. The molecule has 0 bridgehead atoms. The highest BCUT2D eigenvalue weighted by molar-refractivity contribution is 6.31. The number of benzene rings is 1. The minimum Gasteiger partial charge on any atom is -0.493 e. The number of halogens is 1. The molecule has 1 heterocycles. The lowest BCUT2D eigenvalue weighted by molar-refractivity contribution is -0.143. The van der Waals surface area contributed by atoms with Crippen LogP contribution in [0.2, 0.25) is 5.02 Å². The molecule has 1 saturated heterocycles. The van der Waals surface area contributed by atoms with Crippen molar-refractivity contribution in [1.29, 1.82) is 0 Å². The molecule has 0 amide bonds. The molecular weight excluding hydrogens is 318 g/mol. The summed E-state index contributed by atoms with van der Waals surface area (Å²) in [6.45, 7) is 1.65. The van der Waals surface area contributed by atoms with E-state index >= 15 is 0 Å². The summed E-state index contributed by atoms with van der Waals surface area (Å²) in [5.41, 5.74) is -0.273. The first-order valence-electron chi connectivity index (χ1n) is 7.93. The van der Waals surface area contributed by atoms with E-state index in [1.54, 1.807) is 19.2 Å². The van der Waals surface area contributed by atoms with Crippen LogP contribution in [0.15, 0.2) is 12.1 Å². The fraction of sp³-hybridized carbons (Fsp3) is 0.588. The second kappa shape index (κ2) is 6.21. The van der Waals surface area contributed by atoms with Crippen LogP contribution in [0.1, 0.15) is 31.2 Å². The molecule has 0 aromatic heterocycles. The maximum Gasteiger partial charge on any atom is 0.314 e. The fourth-order valence-corrected chi connectivity index (χ4v) is 3.87. The van der Waals surface area contributed by atoms with Gasteiger partial charge in [0.15, 0.2) is 11.5 Å². The summed E-state index contributed by atoms with van der Waals surface area (Å²) in [5.74, 6) is 0.240. The zero-order chi connectivity index (χ0) is 16.6. The molecule has 1 aliphatic heterocycles. The maximum absolute atomic E-state index is 12.1. The molecule has 23 heavy (non-hydrogen) atoms. The van der Waals surface area contributed by atoms with Crippen LogP contribution < -0.4 is 9.47 Å². The Kier molecular flexibility index (Phi) is 4.43. The molecule has 1 saturated carbocycles. The van der Waals surface area contributed by atoms with Crippen LogP contribution in [0.25, 0.3) is 0 Å². The Morgan fingerprint density at radius 1 is 1.35 bits per heavy atom. The Bertz CT molecular complexity index is 607. The summed E-state index contributed by atoms with van der Waals surface area (Å²) in [7, 11) is 3.58. The van der Waals surface area contributed by atoms with E-state index in [1.165, 1.54) is 0 Å². The van der Waals surface area contributed by atoms with Gasteiger partial charge < -0.3 is 14.6 Å². The van der Waals surface area contributed by atoms with E-state index in [0.717, 1.165) is 25.9 Å². The number of rotatable bonds is 5. The molecule has 5 nitrogen and oxygen atoms in total. The first-order chi connectivity index (χ1) is 11.0. The summed E-state index contributed by atoms with van der Waals surface area (Å²) in [5, 5.41) is 10.4. The first-order valence-corrected chi connectivity index (χ1v) is 8.30. The average molecular weight is 340 g/mol. The number of carbonyl (C=O) groups is 1. The number of nitrogens with zero attached hydrogens (tertiary/aromatic N) is 1. The van der Waals surface area contributed by atoms with Crippen LogP contribution in [0, 0.1) is 0 Å². The minimum absolute atomic E-state index is 0.0565. The SMILES string of the molecule is COc1cc(Cl)cc(C2(C(=O)O)CCCC2)c1OC1CN(C)C1. The number of hydrogen-bond donors (Lipinski definition) is 1. The van der Waals surface area contributed by atoms with Crippen molar-refractivity contribution in [2.75, 3.05) is 27.2 Å². The molecule has 0 unspecified atom stereocenters. The van der Waals surface area contributed by atoms with Gasteiger partial charge >= 0.3 is 5.97 Å². The first kappa shape index (κ1) is 16.4. The Labute approximate surface area is 141 Å². The Morgan fingerprint density at radius 2 is 2.00 bits per heavy atom. The van der Waals surface area contributed by atoms with Gasteiger partial charge in [-0.25, -0.2) is 0 Å². The van der Waals surface area contributed by atoms with Crippen LogP contribution in [0.4, 0.5) is 0 Å². The van der Waals surface area contributed by atoms with Crippen molar-refractivity contribution in [2.45, 2.75) is 37.2 Å². The molecule has 1 aliphatic carbocycles. The van der Waals surface area contributed by atoms with Crippen molar-refractivity contribution in [1.82, 2.24) is 4.90 Å². The van der Waals surface area contributed by atoms with E-state index in [-0.39, 0.29) is 6.10 Å². The van der Waals surface area contributed by atoms with Crippen molar-refractivity contribution < 1.29 is 19.4 Å². The lowest BCUT2D eigenvalue weighted by Crippen LogP contribution is -2.51. The van der Waals surface area contributed by atoms with Crippen molar-refractivity contribution >= 4 is 17.6 Å². The van der Waals surface area contributed by atoms with Gasteiger partial charge in [-0.15, -0.1) is 0 Å². The van der Waals surface area contributed by atoms with E-state index in [2.05, 4.69) is 4.90 Å². The monoisotopic (exact) mass is 339 g/mol. The number of likely N-dealkylation sites (tertiary alicyclic amines) is 1. The molecule has 0 spiro atoms. The van der Waals surface area contributed by atoms with E-state index in [0.29, 0.717) is 34.9 Å². The second-order valence-electron chi connectivity index (χ2n) is 6.54. The third-order valence-corrected chi connectivity index (χ3v) is 5.15.